The summed E-state index contributed by atoms with van der Waals surface area (Å²) in [6.45, 7) is 2.50. The van der Waals surface area contributed by atoms with Crippen LogP contribution in [0.15, 0.2) is 20.2 Å². The smallest absolute Gasteiger partial charge is 0.191 e. The van der Waals surface area contributed by atoms with Crippen LogP contribution in [0.5, 0.6) is 0 Å². The summed E-state index contributed by atoms with van der Waals surface area (Å²) in [5.41, 5.74) is 1.26. The first-order valence-corrected chi connectivity index (χ1v) is 7.74. The van der Waals surface area contributed by atoms with Crippen molar-refractivity contribution in [2.24, 2.45) is 4.99 Å². The molecule has 1 fully saturated rings. The number of hydrogen-bond donors (Lipinski definition) is 2. The topological polar surface area (TPSA) is 45.7 Å². The Bertz CT molecular complexity index is 402. The molecule has 100 valence electrons. The van der Waals surface area contributed by atoms with Crippen molar-refractivity contribution in [2.75, 3.05) is 20.2 Å². The van der Waals surface area contributed by atoms with Crippen molar-refractivity contribution in [3.63, 3.8) is 0 Å². The van der Waals surface area contributed by atoms with Gasteiger partial charge in [0.15, 0.2) is 5.96 Å². The van der Waals surface area contributed by atoms with Gasteiger partial charge < -0.3 is 15.4 Å². The lowest BCUT2D eigenvalue weighted by atomic mass is 10.2. The lowest BCUT2D eigenvalue weighted by Gasteiger charge is -2.14. The normalized spacial score (nSPS) is 20.1. The van der Waals surface area contributed by atoms with Gasteiger partial charge in [0.05, 0.1) is 9.89 Å². The third-order valence-electron chi connectivity index (χ3n) is 2.83. The molecule has 6 heteroatoms. The number of halogens is 1. The summed E-state index contributed by atoms with van der Waals surface area (Å²) in [5.74, 6) is 0.827. The van der Waals surface area contributed by atoms with Gasteiger partial charge in [0.1, 0.15) is 0 Å². The van der Waals surface area contributed by atoms with Crippen molar-refractivity contribution in [2.45, 2.75) is 25.5 Å². The average molecular weight is 332 g/mol. The minimum atomic E-state index is 0.332. The Kier molecular flexibility index (Phi) is 5.46. The lowest BCUT2D eigenvalue weighted by molar-refractivity contribution is 0.114. The van der Waals surface area contributed by atoms with Crippen LogP contribution in [0.1, 0.15) is 18.4 Å². The predicted molar refractivity (Wildman–Crippen MR) is 79.2 cm³/mol. The van der Waals surface area contributed by atoms with Crippen LogP contribution in [0.3, 0.4) is 0 Å². The van der Waals surface area contributed by atoms with E-state index in [0.717, 1.165) is 35.9 Å². The highest BCUT2D eigenvalue weighted by molar-refractivity contribution is 9.11. The molecule has 1 aliphatic rings. The molecule has 1 aliphatic heterocycles. The van der Waals surface area contributed by atoms with E-state index >= 15 is 0 Å². The van der Waals surface area contributed by atoms with Crippen LogP contribution in [0, 0.1) is 0 Å². The van der Waals surface area contributed by atoms with Crippen LogP contribution < -0.4 is 10.6 Å². The van der Waals surface area contributed by atoms with Gasteiger partial charge in [0, 0.05) is 26.7 Å². The van der Waals surface area contributed by atoms with Crippen molar-refractivity contribution < 1.29 is 4.74 Å². The largest absolute Gasteiger partial charge is 0.376 e. The number of ether oxygens (including phenoxy) is 1. The number of nitrogens with one attached hydrogen (secondary N) is 2. The zero-order chi connectivity index (χ0) is 12.8. The number of thiophene rings is 1. The van der Waals surface area contributed by atoms with Crippen LogP contribution in [-0.2, 0) is 11.3 Å². The molecule has 18 heavy (non-hydrogen) atoms. The molecule has 2 heterocycles. The maximum atomic E-state index is 5.56. The van der Waals surface area contributed by atoms with Gasteiger partial charge in [-0.05, 0) is 45.8 Å². The molecule has 2 N–H and O–H groups in total. The van der Waals surface area contributed by atoms with Crippen LogP contribution in [-0.4, -0.2) is 32.3 Å². The predicted octanol–water partition coefficient (Wildman–Crippen LogP) is 2.35. The van der Waals surface area contributed by atoms with E-state index in [4.69, 9.17) is 4.74 Å². The second-order valence-corrected chi connectivity index (χ2v) is 6.49. The van der Waals surface area contributed by atoms with E-state index in [2.05, 4.69) is 43.0 Å². The van der Waals surface area contributed by atoms with Crippen molar-refractivity contribution in [1.82, 2.24) is 10.6 Å². The van der Waals surface area contributed by atoms with E-state index in [1.54, 1.807) is 18.4 Å². The van der Waals surface area contributed by atoms with E-state index in [1.807, 2.05) is 0 Å². The third-order valence-corrected chi connectivity index (χ3v) is 4.38. The van der Waals surface area contributed by atoms with Crippen LogP contribution in [0.25, 0.3) is 0 Å². The summed E-state index contributed by atoms with van der Waals surface area (Å²) in [5, 5.41) is 8.72. The summed E-state index contributed by atoms with van der Waals surface area (Å²) in [7, 11) is 1.79. The number of guanidine groups is 1. The maximum absolute atomic E-state index is 5.56. The zero-order valence-electron chi connectivity index (χ0n) is 10.4. The van der Waals surface area contributed by atoms with Gasteiger partial charge in [0.25, 0.3) is 0 Å². The summed E-state index contributed by atoms with van der Waals surface area (Å²) in [6, 6.07) is 2.12. The second kappa shape index (κ2) is 7.11. The van der Waals surface area contributed by atoms with Crippen molar-refractivity contribution in [3.05, 3.63) is 20.8 Å². The SMILES string of the molecule is CN=C(NCc1csc(Br)c1)NCC1CCCO1. The van der Waals surface area contributed by atoms with Gasteiger partial charge in [-0.2, -0.15) is 0 Å². The van der Waals surface area contributed by atoms with Gasteiger partial charge in [0.2, 0.25) is 0 Å². The number of hydrogen-bond acceptors (Lipinski definition) is 3. The molecular formula is C12H18BrN3OS. The molecule has 0 radical (unpaired) electrons. The highest BCUT2D eigenvalue weighted by Gasteiger charge is 2.15. The Morgan fingerprint density at radius 1 is 1.61 bits per heavy atom. The monoisotopic (exact) mass is 331 g/mol. The summed E-state index contributed by atoms with van der Waals surface area (Å²) >= 11 is 5.15. The minimum absolute atomic E-state index is 0.332. The fourth-order valence-electron chi connectivity index (χ4n) is 1.86. The molecule has 1 unspecified atom stereocenters. The van der Waals surface area contributed by atoms with E-state index in [0.29, 0.717) is 6.10 Å². The highest BCUT2D eigenvalue weighted by atomic mass is 79.9. The molecular weight excluding hydrogens is 314 g/mol. The summed E-state index contributed by atoms with van der Waals surface area (Å²) in [4.78, 5) is 4.20. The summed E-state index contributed by atoms with van der Waals surface area (Å²) < 4.78 is 6.72. The molecule has 2 rings (SSSR count). The molecule has 0 spiro atoms. The Hall–Kier alpha value is -0.590. The molecule has 0 aliphatic carbocycles. The van der Waals surface area contributed by atoms with Crippen LogP contribution >= 0.6 is 27.3 Å². The van der Waals surface area contributed by atoms with Gasteiger partial charge >= 0.3 is 0 Å². The van der Waals surface area contributed by atoms with Gasteiger partial charge in [-0.15, -0.1) is 11.3 Å². The van der Waals surface area contributed by atoms with Crippen LogP contribution in [0.4, 0.5) is 0 Å². The third kappa shape index (κ3) is 4.26. The van der Waals surface area contributed by atoms with Crippen molar-refractivity contribution in [1.29, 1.82) is 0 Å². The molecule has 0 saturated carbocycles. The fraction of sp³-hybridized carbons (Fsp3) is 0.583. The van der Waals surface area contributed by atoms with Crippen molar-refractivity contribution >= 4 is 33.2 Å². The zero-order valence-corrected chi connectivity index (χ0v) is 12.8. The van der Waals surface area contributed by atoms with E-state index in [-0.39, 0.29) is 0 Å². The lowest BCUT2D eigenvalue weighted by Crippen LogP contribution is -2.40. The van der Waals surface area contributed by atoms with E-state index < -0.39 is 0 Å². The Labute approximate surface area is 120 Å². The number of nitrogens with zero attached hydrogens (tertiary/aromatic N) is 1. The Morgan fingerprint density at radius 3 is 3.11 bits per heavy atom. The van der Waals surface area contributed by atoms with Gasteiger partial charge in [-0.3, -0.25) is 4.99 Å². The molecule has 1 atom stereocenters. The van der Waals surface area contributed by atoms with E-state index in [1.165, 1.54) is 12.0 Å². The molecule has 0 amide bonds. The number of aliphatic imine (C=N–C) groups is 1. The quantitative estimate of drug-likeness (QED) is 0.657. The van der Waals surface area contributed by atoms with Gasteiger partial charge in [-0.1, -0.05) is 0 Å². The van der Waals surface area contributed by atoms with E-state index in [9.17, 15) is 0 Å². The minimum Gasteiger partial charge on any atom is -0.376 e. The first kappa shape index (κ1) is 13.8. The first-order valence-electron chi connectivity index (χ1n) is 6.07. The molecule has 1 aromatic heterocycles. The standard InChI is InChI=1S/C12H18BrN3OS/c1-14-12(16-7-10-3-2-4-17-10)15-6-9-5-11(13)18-8-9/h5,8,10H,2-4,6-7H2,1H3,(H2,14,15,16). The van der Waals surface area contributed by atoms with Gasteiger partial charge in [-0.25, -0.2) is 0 Å². The maximum Gasteiger partial charge on any atom is 0.191 e. The Morgan fingerprint density at radius 2 is 2.50 bits per heavy atom. The first-order chi connectivity index (χ1) is 8.78. The molecule has 0 aromatic carbocycles. The van der Waals surface area contributed by atoms with Crippen molar-refractivity contribution in [3.8, 4) is 0 Å². The highest BCUT2D eigenvalue weighted by Crippen LogP contribution is 2.20. The summed E-state index contributed by atoms with van der Waals surface area (Å²) in [6.07, 6.45) is 2.64. The fourth-order valence-corrected chi connectivity index (χ4v) is 3.07. The average Bonchev–Trinajstić information content (AvgIpc) is 3.01. The number of rotatable bonds is 4. The molecule has 1 saturated heterocycles. The Balaban J connectivity index is 1.72. The molecule has 4 nitrogen and oxygen atoms in total. The molecule has 0 bridgehead atoms. The van der Waals surface area contributed by atoms with Crippen LogP contribution in [0.2, 0.25) is 0 Å². The molecule has 1 aromatic rings. The second-order valence-electron chi connectivity index (χ2n) is 4.20.